The molecule has 1 aliphatic heterocycles. The van der Waals surface area contributed by atoms with E-state index in [1.165, 1.54) is 0 Å². The molecule has 1 heterocycles. The first kappa shape index (κ1) is 14.0. The minimum absolute atomic E-state index is 0.0473. The van der Waals surface area contributed by atoms with Gasteiger partial charge >= 0.3 is 0 Å². The molecule has 100 valence electrons. The molecule has 3 nitrogen and oxygen atoms in total. The van der Waals surface area contributed by atoms with E-state index in [4.69, 9.17) is 5.73 Å². The lowest BCUT2D eigenvalue weighted by Gasteiger charge is -2.21. The quantitative estimate of drug-likeness (QED) is 0.897. The van der Waals surface area contributed by atoms with Crippen LogP contribution >= 0.6 is 15.9 Å². The molecule has 1 aromatic rings. The number of rotatable bonds is 4. The Labute approximate surface area is 117 Å². The second-order valence-corrected chi connectivity index (χ2v) is 6.29. The summed E-state index contributed by atoms with van der Waals surface area (Å²) < 4.78 is 1.07. The van der Waals surface area contributed by atoms with Crippen LogP contribution in [0.5, 0.6) is 0 Å². The Morgan fingerprint density at radius 2 is 2.22 bits per heavy atom. The van der Waals surface area contributed by atoms with Gasteiger partial charge in [0.1, 0.15) is 0 Å². The normalized spacial score (nSPS) is 26.4. The van der Waals surface area contributed by atoms with Crippen LogP contribution in [-0.4, -0.2) is 35.2 Å². The molecule has 0 aromatic heterocycles. The number of nitrogens with zero attached hydrogens (tertiary/aromatic N) is 1. The SMILES string of the molecule is CC1(O)CCN(CCC(N)c2ccccc2Br)C1. The van der Waals surface area contributed by atoms with E-state index in [0.717, 1.165) is 42.5 Å². The van der Waals surface area contributed by atoms with Gasteiger partial charge in [-0.05, 0) is 31.4 Å². The second kappa shape index (κ2) is 5.70. The number of benzene rings is 1. The van der Waals surface area contributed by atoms with Gasteiger partial charge in [0.25, 0.3) is 0 Å². The van der Waals surface area contributed by atoms with Crippen LogP contribution in [0.4, 0.5) is 0 Å². The van der Waals surface area contributed by atoms with Gasteiger partial charge in [-0.25, -0.2) is 0 Å². The maximum Gasteiger partial charge on any atom is 0.0758 e. The molecular formula is C14H21BrN2O. The predicted octanol–water partition coefficient (Wildman–Crippen LogP) is 2.30. The van der Waals surface area contributed by atoms with E-state index in [2.05, 4.69) is 26.9 Å². The second-order valence-electron chi connectivity index (χ2n) is 5.44. The van der Waals surface area contributed by atoms with Gasteiger partial charge in [0.15, 0.2) is 0 Å². The highest BCUT2D eigenvalue weighted by molar-refractivity contribution is 9.10. The topological polar surface area (TPSA) is 49.5 Å². The van der Waals surface area contributed by atoms with E-state index in [1.807, 2.05) is 25.1 Å². The molecule has 1 saturated heterocycles. The van der Waals surface area contributed by atoms with Crippen molar-refractivity contribution in [1.82, 2.24) is 4.90 Å². The van der Waals surface area contributed by atoms with Crippen molar-refractivity contribution in [3.8, 4) is 0 Å². The van der Waals surface area contributed by atoms with Crippen LogP contribution < -0.4 is 5.73 Å². The van der Waals surface area contributed by atoms with Gasteiger partial charge in [0, 0.05) is 30.1 Å². The fourth-order valence-electron chi connectivity index (χ4n) is 2.48. The van der Waals surface area contributed by atoms with Crippen molar-refractivity contribution >= 4 is 15.9 Å². The van der Waals surface area contributed by atoms with Gasteiger partial charge in [-0.1, -0.05) is 34.1 Å². The molecule has 0 spiro atoms. The smallest absolute Gasteiger partial charge is 0.0758 e. The molecule has 1 aliphatic rings. The van der Waals surface area contributed by atoms with Crippen molar-refractivity contribution < 1.29 is 5.11 Å². The number of nitrogens with two attached hydrogens (primary N) is 1. The van der Waals surface area contributed by atoms with Crippen molar-refractivity contribution in [2.75, 3.05) is 19.6 Å². The minimum atomic E-state index is -0.516. The van der Waals surface area contributed by atoms with Crippen molar-refractivity contribution in [3.63, 3.8) is 0 Å². The molecule has 2 unspecified atom stereocenters. The Kier molecular flexibility index (Phi) is 4.43. The van der Waals surface area contributed by atoms with Gasteiger partial charge in [0.2, 0.25) is 0 Å². The average molecular weight is 313 g/mol. The van der Waals surface area contributed by atoms with Crippen molar-refractivity contribution in [3.05, 3.63) is 34.3 Å². The first-order chi connectivity index (χ1) is 8.48. The predicted molar refractivity (Wildman–Crippen MR) is 77.4 cm³/mol. The van der Waals surface area contributed by atoms with Gasteiger partial charge in [-0.15, -0.1) is 0 Å². The van der Waals surface area contributed by atoms with E-state index in [0.29, 0.717) is 0 Å². The van der Waals surface area contributed by atoms with Crippen LogP contribution in [0.15, 0.2) is 28.7 Å². The third kappa shape index (κ3) is 3.54. The zero-order chi connectivity index (χ0) is 13.2. The van der Waals surface area contributed by atoms with Crippen LogP contribution in [0.25, 0.3) is 0 Å². The first-order valence-electron chi connectivity index (χ1n) is 6.43. The fraction of sp³-hybridized carbons (Fsp3) is 0.571. The van der Waals surface area contributed by atoms with E-state index in [9.17, 15) is 5.11 Å². The number of hydrogen-bond donors (Lipinski definition) is 2. The van der Waals surface area contributed by atoms with Gasteiger partial charge in [0.05, 0.1) is 5.60 Å². The molecule has 0 bridgehead atoms. The van der Waals surface area contributed by atoms with Crippen molar-refractivity contribution in [2.45, 2.75) is 31.4 Å². The molecule has 1 aromatic carbocycles. The Morgan fingerprint density at radius 1 is 1.50 bits per heavy atom. The largest absolute Gasteiger partial charge is 0.389 e. The van der Waals surface area contributed by atoms with Crippen LogP contribution in [0.2, 0.25) is 0 Å². The highest BCUT2D eigenvalue weighted by atomic mass is 79.9. The molecule has 0 amide bonds. The van der Waals surface area contributed by atoms with E-state index in [-0.39, 0.29) is 6.04 Å². The molecule has 2 atom stereocenters. The van der Waals surface area contributed by atoms with Crippen LogP contribution in [0.3, 0.4) is 0 Å². The summed E-state index contributed by atoms with van der Waals surface area (Å²) in [5.74, 6) is 0. The first-order valence-corrected chi connectivity index (χ1v) is 7.22. The monoisotopic (exact) mass is 312 g/mol. The van der Waals surface area contributed by atoms with Crippen LogP contribution in [-0.2, 0) is 0 Å². The molecule has 0 aliphatic carbocycles. The molecule has 3 N–H and O–H groups in total. The van der Waals surface area contributed by atoms with Crippen LogP contribution in [0, 0.1) is 0 Å². The minimum Gasteiger partial charge on any atom is -0.389 e. The number of likely N-dealkylation sites (tertiary alicyclic amines) is 1. The number of halogens is 1. The van der Waals surface area contributed by atoms with Crippen molar-refractivity contribution in [1.29, 1.82) is 0 Å². The Hall–Kier alpha value is -0.420. The summed E-state index contributed by atoms with van der Waals surface area (Å²) in [6, 6.07) is 8.15. The Bertz CT molecular complexity index is 409. The molecule has 4 heteroatoms. The zero-order valence-corrected chi connectivity index (χ0v) is 12.4. The lowest BCUT2D eigenvalue weighted by molar-refractivity contribution is 0.0684. The van der Waals surface area contributed by atoms with E-state index in [1.54, 1.807) is 0 Å². The van der Waals surface area contributed by atoms with E-state index >= 15 is 0 Å². The standard InChI is InChI=1S/C14H21BrN2O/c1-14(18)7-9-17(10-14)8-6-13(16)11-4-2-3-5-12(11)15/h2-5,13,18H,6-10,16H2,1H3. The Morgan fingerprint density at radius 3 is 2.83 bits per heavy atom. The lowest BCUT2D eigenvalue weighted by Crippen LogP contribution is -2.31. The van der Waals surface area contributed by atoms with Gasteiger partial charge < -0.3 is 15.7 Å². The Balaban J connectivity index is 1.86. The molecule has 0 radical (unpaired) electrons. The third-order valence-electron chi connectivity index (χ3n) is 3.59. The third-order valence-corrected chi connectivity index (χ3v) is 4.31. The summed E-state index contributed by atoms with van der Waals surface area (Å²) in [5.41, 5.74) is 6.86. The molecule has 2 rings (SSSR count). The lowest BCUT2D eigenvalue weighted by atomic mass is 10.0. The van der Waals surface area contributed by atoms with Gasteiger partial charge in [-0.2, -0.15) is 0 Å². The summed E-state index contributed by atoms with van der Waals surface area (Å²) in [6.07, 6.45) is 1.77. The maximum atomic E-state index is 9.91. The fourth-order valence-corrected chi connectivity index (χ4v) is 3.06. The van der Waals surface area contributed by atoms with Gasteiger partial charge in [-0.3, -0.25) is 0 Å². The average Bonchev–Trinajstić information content (AvgIpc) is 2.66. The molecule has 0 saturated carbocycles. The molecule has 1 fully saturated rings. The number of aliphatic hydroxyl groups is 1. The summed E-state index contributed by atoms with van der Waals surface area (Å²) in [5, 5.41) is 9.91. The molecular weight excluding hydrogens is 292 g/mol. The van der Waals surface area contributed by atoms with Crippen LogP contribution in [0.1, 0.15) is 31.4 Å². The zero-order valence-electron chi connectivity index (χ0n) is 10.8. The molecule has 18 heavy (non-hydrogen) atoms. The van der Waals surface area contributed by atoms with E-state index < -0.39 is 5.60 Å². The summed E-state index contributed by atoms with van der Waals surface area (Å²) in [4.78, 5) is 2.29. The summed E-state index contributed by atoms with van der Waals surface area (Å²) in [7, 11) is 0. The summed E-state index contributed by atoms with van der Waals surface area (Å²) >= 11 is 3.53. The number of hydrogen-bond acceptors (Lipinski definition) is 3. The maximum absolute atomic E-state index is 9.91. The highest BCUT2D eigenvalue weighted by Gasteiger charge is 2.31. The number of β-amino-alcohol motifs (C(OH)–C–C–N with tert-alkyl or cyclic N) is 1. The van der Waals surface area contributed by atoms with Crippen molar-refractivity contribution in [2.24, 2.45) is 5.73 Å². The highest BCUT2D eigenvalue weighted by Crippen LogP contribution is 2.25. The summed E-state index contributed by atoms with van der Waals surface area (Å²) in [6.45, 7) is 4.57.